The molecule has 0 fully saturated rings. The Balaban J connectivity index is 1.54. The minimum Gasteiger partial charge on any atom is -0.493 e. The molecule has 12 heteroatoms. The SMILES string of the molecule is COc1ccc2cc1OCCn1nc(-c3ccccc3)nc1[C@@H](C(C)C)NC(=O)CN(c1ccnc(C)n1)CCNC2=O. The number of anilines is 1. The Kier molecular flexibility index (Phi) is 9.14. The lowest BCUT2D eigenvalue weighted by Crippen LogP contribution is -2.44. The summed E-state index contributed by atoms with van der Waals surface area (Å²) in [6, 6.07) is 16.1. The van der Waals surface area contributed by atoms with Crippen LogP contribution in [0.15, 0.2) is 60.8 Å². The van der Waals surface area contributed by atoms with E-state index in [1.54, 1.807) is 49.2 Å². The Morgan fingerprint density at radius 1 is 1.02 bits per heavy atom. The van der Waals surface area contributed by atoms with E-state index < -0.39 is 6.04 Å². The third-order valence-corrected chi connectivity index (χ3v) is 7.07. The van der Waals surface area contributed by atoms with Gasteiger partial charge in [0, 0.05) is 30.4 Å². The maximum atomic E-state index is 13.6. The lowest BCUT2D eigenvalue weighted by molar-refractivity contribution is -0.120. The lowest BCUT2D eigenvalue weighted by Gasteiger charge is -2.26. The zero-order chi connectivity index (χ0) is 30.3. The number of aryl methyl sites for hydroxylation is 1. The largest absolute Gasteiger partial charge is 0.493 e. The molecule has 0 aliphatic carbocycles. The molecule has 0 saturated carbocycles. The predicted molar refractivity (Wildman–Crippen MR) is 161 cm³/mol. The Morgan fingerprint density at radius 2 is 1.84 bits per heavy atom. The zero-order valence-corrected chi connectivity index (χ0v) is 24.8. The highest BCUT2D eigenvalue weighted by Gasteiger charge is 2.27. The van der Waals surface area contributed by atoms with Crippen molar-refractivity contribution in [2.24, 2.45) is 5.92 Å². The number of aromatic nitrogens is 5. The van der Waals surface area contributed by atoms with Crippen LogP contribution in [-0.4, -0.2) is 69.9 Å². The number of hydrogen-bond acceptors (Lipinski definition) is 9. The number of ether oxygens (including phenoxy) is 2. The van der Waals surface area contributed by atoms with Gasteiger partial charge < -0.3 is 25.0 Å². The average molecular weight is 585 g/mol. The van der Waals surface area contributed by atoms with Crippen LogP contribution in [0.1, 0.15) is 41.9 Å². The third-order valence-electron chi connectivity index (χ3n) is 7.07. The number of nitrogens with zero attached hydrogens (tertiary/aromatic N) is 6. The second-order valence-electron chi connectivity index (χ2n) is 10.5. The van der Waals surface area contributed by atoms with E-state index in [0.717, 1.165) is 5.56 Å². The molecule has 2 aromatic heterocycles. The fraction of sp³-hybridized carbons (Fsp3) is 0.355. The van der Waals surface area contributed by atoms with Crippen molar-refractivity contribution in [1.82, 2.24) is 35.4 Å². The zero-order valence-electron chi connectivity index (χ0n) is 24.8. The fourth-order valence-electron chi connectivity index (χ4n) is 4.85. The van der Waals surface area contributed by atoms with Gasteiger partial charge in [0.1, 0.15) is 18.2 Å². The van der Waals surface area contributed by atoms with Crippen molar-refractivity contribution in [3.8, 4) is 22.9 Å². The van der Waals surface area contributed by atoms with Crippen LogP contribution in [0.2, 0.25) is 0 Å². The van der Waals surface area contributed by atoms with Crippen LogP contribution in [0.4, 0.5) is 5.82 Å². The van der Waals surface area contributed by atoms with Crippen molar-refractivity contribution >= 4 is 17.6 Å². The first-order chi connectivity index (χ1) is 20.8. The highest BCUT2D eigenvalue weighted by atomic mass is 16.5. The van der Waals surface area contributed by atoms with Gasteiger partial charge in [0.2, 0.25) is 5.91 Å². The summed E-state index contributed by atoms with van der Waals surface area (Å²) < 4.78 is 13.4. The second kappa shape index (κ2) is 13.3. The second-order valence-corrected chi connectivity index (χ2v) is 10.5. The third kappa shape index (κ3) is 7.08. The van der Waals surface area contributed by atoms with Crippen molar-refractivity contribution in [1.29, 1.82) is 0 Å². The van der Waals surface area contributed by atoms with Gasteiger partial charge in [-0.2, -0.15) is 5.10 Å². The van der Waals surface area contributed by atoms with Crippen LogP contribution in [-0.2, 0) is 11.3 Å². The molecule has 43 heavy (non-hydrogen) atoms. The summed E-state index contributed by atoms with van der Waals surface area (Å²) in [4.78, 5) is 42.1. The van der Waals surface area contributed by atoms with Gasteiger partial charge in [-0.25, -0.2) is 19.6 Å². The number of nitrogens with one attached hydrogen (secondary N) is 2. The van der Waals surface area contributed by atoms with E-state index in [2.05, 4.69) is 20.6 Å². The number of carbonyl (C=O) groups excluding carboxylic acids is 2. The fourth-order valence-corrected chi connectivity index (χ4v) is 4.85. The first kappa shape index (κ1) is 29.5. The number of benzene rings is 2. The van der Waals surface area contributed by atoms with Crippen LogP contribution in [0.5, 0.6) is 11.5 Å². The Bertz CT molecular complexity index is 1570. The van der Waals surface area contributed by atoms with E-state index in [4.69, 9.17) is 19.6 Å². The molecule has 12 nitrogen and oxygen atoms in total. The van der Waals surface area contributed by atoms with Gasteiger partial charge >= 0.3 is 0 Å². The Labute approximate surface area is 250 Å². The van der Waals surface area contributed by atoms with E-state index in [1.807, 2.05) is 49.1 Å². The van der Waals surface area contributed by atoms with Crippen LogP contribution >= 0.6 is 0 Å². The Morgan fingerprint density at radius 3 is 2.58 bits per heavy atom. The summed E-state index contributed by atoms with van der Waals surface area (Å²) in [6.45, 7) is 7.07. The van der Waals surface area contributed by atoms with Crippen LogP contribution in [0.25, 0.3) is 11.4 Å². The van der Waals surface area contributed by atoms with E-state index in [9.17, 15) is 9.59 Å². The molecule has 2 bridgehead atoms. The van der Waals surface area contributed by atoms with Gasteiger partial charge in [-0.05, 0) is 37.1 Å². The van der Waals surface area contributed by atoms with Crippen molar-refractivity contribution in [2.45, 2.75) is 33.4 Å². The minimum atomic E-state index is -0.431. The molecule has 1 aliphatic heterocycles. The summed E-state index contributed by atoms with van der Waals surface area (Å²) in [6.07, 6.45) is 1.65. The first-order valence-electron chi connectivity index (χ1n) is 14.3. The lowest BCUT2D eigenvalue weighted by atomic mass is 10.0. The van der Waals surface area contributed by atoms with Gasteiger partial charge in [0.15, 0.2) is 23.1 Å². The van der Waals surface area contributed by atoms with Crippen LogP contribution in [0.3, 0.4) is 0 Å². The van der Waals surface area contributed by atoms with Crippen molar-refractivity contribution in [2.75, 3.05) is 38.3 Å². The number of rotatable bonds is 4. The summed E-state index contributed by atoms with van der Waals surface area (Å²) >= 11 is 0. The molecule has 0 spiro atoms. The predicted octanol–water partition coefficient (Wildman–Crippen LogP) is 3.19. The van der Waals surface area contributed by atoms with Gasteiger partial charge in [-0.1, -0.05) is 44.2 Å². The number of methoxy groups -OCH3 is 1. The summed E-state index contributed by atoms with van der Waals surface area (Å²) in [5, 5.41) is 10.9. The van der Waals surface area contributed by atoms with E-state index in [-0.39, 0.29) is 37.4 Å². The molecule has 0 saturated heterocycles. The van der Waals surface area contributed by atoms with Gasteiger partial charge in [-0.3, -0.25) is 9.59 Å². The van der Waals surface area contributed by atoms with Gasteiger partial charge in [-0.15, -0.1) is 0 Å². The molecule has 2 aromatic carbocycles. The van der Waals surface area contributed by atoms with E-state index >= 15 is 0 Å². The molecule has 4 aromatic rings. The maximum Gasteiger partial charge on any atom is 0.251 e. The number of fused-ring (bicyclic) bond motifs is 3. The average Bonchev–Trinajstić information content (AvgIpc) is 3.42. The molecule has 3 heterocycles. The van der Waals surface area contributed by atoms with E-state index in [0.29, 0.717) is 53.4 Å². The topological polar surface area (TPSA) is 136 Å². The highest BCUT2D eigenvalue weighted by Crippen LogP contribution is 2.29. The van der Waals surface area contributed by atoms with Gasteiger partial charge in [0.05, 0.1) is 26.2 Å². The molecule has 2 amide bonds. The molecule has 1 aliphatic rings. The van der Waals surface area contributed by atoms with E-state index in [1.165, 1.54) is 0 Å². The molecular formula is C31H36N8O4. The first-order valence-corrected chi connectivity index (χ1v) is 14.3. The standard InChI is InChI=1S/C31H36N8O4/c1-20(2)28-30-36-29(22-8-6-5-7-9-22)37-39(30)16-17-43-25-18-23(10-11-24(25)42-4)31(41)33-14-15-38(19-27(40)35-28)26-12-13-32-21(3)34-26/h5-13,18,20,28H,14-17,19H2,1-4H3,(H,33,41)(H,35,40)/t28-/m1/s1. The summed E-state index contributed by atoms with van der Waals surface area (Å²) in [5.74, 6) is 2.82. The molecule has 1 atom stereocenters. The smallest absolute Gasteiger partial charge is 0.251 e. The molecular weight excluding hydrogens is 548 g/mol. The number of hydrogen-bond donors (Lipinski definition) is 2. The molecule has 0 radical (unpaired) electrons. The van der Waals surface area contributed by atoms with Crippen LogP contribution in [0, 0.1) is 12.8 Å². The van der Waals surface area contributed by atoms with Crippen molar-refractivity contribution < 1.29 is 19.1 Å². The van der Waals surface area contributed by atoms with Crippen LogP contribution < -0.4 is 25.0 Å². The molecule has 224 valence electrons. The quantitative estimate of drug-likeness (QED) is 0.371. The Hall–Kier alpha value is -5.00. The molecule has 0 unspecified atom stereocenters. The highest BCUT2D eigenvalue weighted by molar-refractivity contribution is 5.95. The monoisotopic (exact) mass is 584 g/mol. The molecule has 5 rings (SSSR count). The van der Waals surface area contributed by atoms with Crippen molar-refractivity contribution in [3.05, 3.63) is 78.0 Å². The number of carbonyl (C=O) groups is 2. The normalized spacial score (nSPS) is 16.5. The maximum absolute atomic E-state index is 13.6. The molecule has 2 N–H and O–H groups in total. The van der Waals surface area contributed by atoms with Gasteiger partial charge in [0.25, 0.3) is 5.91 Å². The minimum absolute atomic E-state index is 0.00401. The van der Waals surface area contributed by atoms with Crippen molar-refractivity contribution in [3.63, 3.8) is 0 Å². The summed E-state index contributed by atoms with van der Waals surface area (Å²) in [5.41, 5.74) is 1.29. The summed E-state index contributed by atoms with van der Waals surface area (Å²) in [7, 11) is 1.55. The number of amides is 2.